The number of hydrogen-bond acceptors (Lipinski definition) is 6. The Kier molecular flexibility index (Phi) is 5.64. The Bertz CT molecular complexity index is 729. The molecule has 126 valence electrons. The minimum absolute atomic E-state index is 0.211. The van der Waals surface area contributed by atoms with Crippen LogP contribution in [-0.2, 0) is 9.59 Å². The lowest BCUT2D eigenvalue weighted by atomic mass is 10.2. The molecule has 0 unspecified atom stereocenters. The van der Waals surface area contributed by atoms with Crippen molar-refractivity contribution in [3.63, 3.8) is 0 Å². The van der Waals surface area contributed by atoms with Crippen LogP contribution in [0.1, 0.15) is 5.56 Å². The summed E-state index contributed by atoms with van der Waals surface area (Å²) in [6.07, 6.45) is 3.16. The molecule has 1 aliphatic rings. The van der Waals surface area contributed by atoms with E-state index >= 15 is 0 Å². The van der Waals surface area contributed by atoms with Gasteiger partial charge in [0, 0.05) is 0 Å². The van der Waals surface area contributed by atoms with Crippen LogP contribution in [0.3, 0.4) is 0 Å². The molecule has 0 aromatic heterocycles. The quantitative estimate of drug-likeness (QED) is 0.596. The Morgan fingerprint density at radius 1 is 1.38 bits per heavy atom. The van der Waals surface area contributed by atoms with Gasteiger partial charge in [-0.15, -0.1) is 0 Å². The molecule has 0 atom stereocenters. The summed E-state index contributed by atoms with van der Waals surface area (Å²) in [5, 5.41) is -0.525. The first-order chi connectivity index (χ1) is 11.5. The van der Waals surface area contributed by atoms with Crippen molar-refractivity contribution in [3.05, 3.63) is 41.3 Å². The van der Waals surface area contributed by atoms with Crippen LogP contribution in [0.25, 0.3) is 6.08 Å². The number of carbonyl (C=O) groups excluding carboxylic acids is 3. The third-order valence-electron chi connectivity index (χ3n) is 3.03. The minimum atomic E-state index is -0.746. The molecule has 8 heteroatoms. The van der Waals surface area contributed by atoms with E-state index in [1.165, 1.54) is 7.11 Å². The van der Waals surface area contributed by atoms with Crippen LogP contribution in [-0.4, -0.2) is 42.2 Å². The minimum Gasteiger partial charge on any atom is -0.493 e. The molecule has 1 saturated heterocycles. The SMILES string of the molecule is C=CCOc1ccc(/C=C2\SC(=O)N(CC(N)=O)C2=O)cc1OC. The Hall–Kier alpha value is -2.74. The van der Waals surface area contributed by atoms with Crippen LogP contribution in [0.2, 0.25) is 0 Å². The van der Waals surface area contributed by atoms with Crippen molar-refractivity contribution in [2.24, 2.45) is 5.73 Å². The van der Waals surface area contributed by atoms with E-state index in [2.05, 4.69) is 6.58 Å². The molecule has 3 amide bonds. The van der Waals surface area contributed by atoms with Gasteiger partial charge in [-0.1, -0.05) is 18.7 Å². The molecule has 1 aromatic rings. The maximum absolute atomic E-state index is 12.2. The van der Waals surface area contributed by atoms with E-state index in [0.717, 1.165) is 16.7 Å². The fraction of sp³-hybridized carbons (Fsp3) is 0.188. The number of nitrogens with two attached hydrogens (primary N) is 1. The molecule has 0 spiro atoms. The number of thioether (sulfide) groups is 1. The largest absolute Gasteiger partial charge is 0.493 e. The molecule has 2 rings (SSSR count). The Labute approximate surface area is 143 Å². The Balaban J connectivity index is 2.25. The average molecular weight is 348 g/mol. The van der Waals surface area contributed by atoms with Crippen molar-refractivity contribution in [1.29, 1.82) is 0 Å². The van der Waals surface area contributed by atoms with Crippen LogP contribution in [0.5, 0.6) is 11.5 Å². The smallest absolute Gasteiger partial charge is 0.294 e. The lowest BCUT2D eigenvalue weighted by Gasteiger charge is -2.10. The van der Waals surface area contributed by atoms with Gasteiger partial charge < -0.3 is 15.2 Å². The second-order valence-corrected chi connectivity index (χ2v) is 5.74. The topological polar surface area (TPSA) is 98.9 Å². The fourth-order valence-electron chi connectivity index (χ4n) is 1.99. The summed E-state index contributed by atoms with van der Waals surface area (Å²) < 4.78 is 10.7. The van der Waals surface area contributed by atoms with Crippen molar-refractivity contribution in [3.8, 4) is 11.5 Å². The fourth-order valence-corrected chi connectivity index (χ4v) is 2.82. The Morgan fingerprint density at radius 3 is 2.75 bits per heavy atom. The van der Waals surface area contributed by atoms with Crippen LogP contribution in [0, 0.1) is 0 Å². The van der Waals surface area contributed by atoms with E-state index in [9.17, 15) is 14.4 Å². The third kappa shape index (κ3) is 3.96. The van der Waals surface area contributed by atoms with E-state index in [1.54, 1.807) is 30.4 Å². The summed E-state index contributed by atoms with van der Waals surface area (Å²) in [5.41, 5.74) is 5.69. The number of hydrogen-bond donors (Lipinski definition) is 1. The van der Waals surface area contributed by atoms with E-state index in [4.69, 9.17) is 15.2 Å². The summed E-state index contributed by atoms with van der Waals surface area (Å²) in [6, 6.07) is 5.10. The number of ether oxygens (including phenoxy) is 2. The number of rotatable bonds is 7. The summed E-state index contributed by atoms with van der Waals surface area (Å²) >= 11 is 0.756. The normalized spacial score (nSPS) is 15.7. The third-order valence-corrected chi connectivity index (χ3v) is 3.94. The predicted octanol–water partition coefficient (Wildman–Crippen LogP) is 1.78. The second-order valence-electron chi connectivity index (χ2n) is 4.74. The van der Waals surface area contributed by atoms with Crippen molar-refractivity contribution in [2.75, 3.05) is 20.3 Å². The van der Waals surface area contributed by atoms with Gasteiger partial charge >= 0.3 is 0 Å². The van der Waals surface area contributed by atoms with Gasteiger partial charge in [0.05, 0.1) is 12.0 Å². The van der Waals surface area contributed by atoms with Gasteiger partial charge in [0.15, 0.2) is 11.5 Å². The molecule has 0 saturated carbocycles. The van der Waals surface area contributed by atoms with Gasteiger partial charge in [0.2, 0.25) is 5.91 Å². The molecule has 7 nitrogen and oxygen atoms in total. The highest BCUT2D eigenvalue weighted by molar-refractivity contribution is 8.18. The van der Waals surface area contributed by atoms with Crippen molar-refractivity contribution in [2.45, 2.75) is 0 Å². The number of benzene rings is 1. The molecule has 1 aliphatic heterocycles. The van der Waals surface area contributed by atoms with Crippen molar-refractivity contribution in [1.82, 2.24) is 4.90 Å². The first-order valence-electron chi connectivity index (χ1n) is 6.91. The van der Waals surface area contributed by atoms with Gasteiger partial charge in [-0.2, -0.15) is 0 Å². The zero-order valence-electron chi connectivity index (χ0n) is 13.0. The molecule has 2 N–H and O–H groups in total. The summed E-state index contributed by atoms with van der Waals surface area (Å²) in [7, 11) is 1.50. The molecular weight excluding hydrogens is 332 g/mol. The molecule has 1 heterocycles. The average Bonchev–Trinajstić information content (AvgIpc) is 2.80. The number of methoxy groups -OCH3 is 1. The van der Waals surface area contributed by atoms with E-state index < -0.39 is 23.6 Å². The lowest BCUT2D eigenvalue weighted by molar-refractivity contribution is -0.127. The van der Waals surface area contributed by atoms with E-state index in [1.807, 2.05) is 0 Å². The second kappa shape index (κ2) is 7.69. The molecule has 24 heavy (non-hydrogen) atoms. The first-order valence-corrected chi connectivity index (χ1v) is 7.73. The highest BCUT2D eigenvalue weighted by Gasteiger charge is 2.35. The van der Waals surface area contributed by atoms with Gasteiger partial charge in [0.25, 0.3) is 11.1 Å². The zero-order chi connectivity index (χ0) is 17.7. The van der Waals surface area contributed by atoms with Gasteiger partial charge in [0.1, 0.15) is 13.2 Å². The summed E-state index contributed by atoms with van der Waals surface area (Å²) in [6.45, 7) is 3.48. The predicted molar refractivity (Wildman–Crippen MR) is 90.6 cm³/mol. The summed E-state index contributed by atoms with van der Waals surface area (Å²) in [5.74, 6) is -0.267. The lowest BCUT2D eigenvalue weighted by Crippen LogP contribution is -2.36. The van der Waals surface area contributed by atoms with Gasteiger partial charge in [-0.3, -0.25) is 19.3 Å². The molecule has 1 aromatic carbocycles. The van der Waals surface area contributed by atoms with Gasteiger partial charge in [-0.05, 0) is 35.5 Å². The highest BCUT2D eigenvalue weighted by Crippen LogP contribution is 2.34. The number of amides is 3. The molecular formula is C16H16N2O5S. The van der Waals surface area contributed by atoms with E-state index in [-0.39, 0.29) is 4.91 Å². The number of primary amides is 1. The van der Waals surface area contributed by atoms with Crippen LogP contribution < -0.4 is 15.2 Å². The molecule has 0 aliphatic carbocycles. The first kappa shape index (κ1) is 17.6. The van der Waals surface area contributed by atoms with Crippen molar-refractivity contribution >= 4 is 34.9 Å². The molecule has 1 fully saturated rings. The zero-order valence-corrected chi connectivity index (χ0v) is 13.8. The number of imide groups is 1. The van der Waals surface area contributed by atoms with Crippen LogP contribution in [0.15, 0.2) is 35.8 Å². The van der Waals surface area contributed by atoms with Gasteiger partial charge in [-0.25, -0.2) is 0 Å². The monoisotopic (exact) mass is 348 g/mol. The summed E-state index contributed by atoms with van der Waals surface area (Å²) in [4.78, 5) is 35.9. The molecule has 0 bridgehead atoms. The van der Waals surface area contributed by atoms with E-state index in [0.29, 0.717) is 23.7 Å². The highest BCUT2D eigenvalue weighted by atomic mass is 32.2. The maximum Gasteiger partial charge on any atom is 0.294 e. The van der Waals surface area contributed by atoms with Crippen LogP contribution >= 0.6 is 11.8 Å². The molecule has 0 radical (unpaired) electrons. The Morgan fingerprint density at radius 2 is 2.12 bits per heavy atom. The number of carbonyl (C=O) groups is 3. The van der Waals surface area contributed by atoms with Crippen molar-refractivity contribution < 1.29 is 23.9 Å². The standard InChI is InChI=1S/C16H16N2O5S/c1-3-6-23-11-5-4-10(7-12(11)22-2)8-13-15(20)18(9-14(17)19)16(21)24-13/h3-5,7-8H,1,6,9H2,2H3,(H2,17,19)/b13-8-. The number of nitrogens with zero attached hydrogens (tertiary/aromatic N) is 1. The maximum atomic E-state index is 12.2. The van der Waals surface area contributed by atoms with Crippen LogP contribution in [0.4, 0.5) is 4.79 Å².